The summed E-state index contributed by atoms with van der Waals surface area (Å²) >= 11 is 0. The highest BCUT2D eigenvalue weighted by molar-refractivity contribution is 5.95. The van der Waals surface area contributed by atoms with Gasteiger partial charge in [-0.1, -0.05) is 13.8 Å². The maximum atomic E-state index is 12.0. The van der Waals surface area contributed by atoms with Crippen molar-refractivity contribution in [2.24, 2.45) is 0 Å². The molecule has 0 aliphatic rings. The third-order valence-corrected chi connectivity index (χ3v) is 2.40. The Morgan fingerprint density at radius 3 is 2.47 bits per heavy atom. The van der Waals surface area contributed by atoms with Crippen LogP contribution in [0.5, 0.6) is 0 Å². The lowest BCUT2D eigenvalue weighted by Crippen LogP contribution is -2.33. The number of nitrogens with one attached hydrogen (secondary N) is 2. The molecule has 1 rings (SSSR count). The van der Waals surface area contributed by atoms with E-state index in [1.54, 1.807) is 7.05 Å². The summed E-state index contributed by atoms with van der Waals surface area (Å²) in [6, 6.07) is 2.91. The van der Waals surface area contributed by atoms with Crippen LogP contribution in [-0.2, 0) is 0 Å². The van der Waals surface area contributed by atoms with Crippen LogP contribution in [0.1, 0.15) is 35.8 Å². The van der Waals surface area contributed by atoms with Crippen molar-refractivity contribution in [2.45, 2.75) is 25.9 Å². The first-order chi connectivity index (χ1) is 8.73. The van der Waals surface area contributed by atoms with E-state index in [0.717, 1.165) is 0 Å². The summed E-state index contributed by atoms with van der Waals surface area (Å²) in [5.74, 6) is -0.246. The number of rotatable bonds is 4. The predicted octanol–water partition coefficient (Wildman–Crippen LogP) is 2.54. The Bertz CT molecular complexity index is 458. The number of carbonyl (C=O) groups excluding carboxylic acids is 1. The van der Waals surface area contributed by atoms with E-state index in [1.165, 1.54) is 12.1 Å². The van der Waals surface area contributed by atoms with E-state index in [9.17, 15) is 18.0 Å². The first-order valence-electron chi connectivity index (χ1n) is 5.77. The highest BCUT2D eigenvalue weighted by atomic mass is 19.4. The Kier molecular flexibility index (Phi) is 4.74. The van der Waals surface area contributed by atoms with Crippen molar-refractivity contribution in [3.05, 3.63) is 23.4 Å². The van der Waals surface area contributed by atoms with Crippen LogP contribution < -0.4 is 10.6 Å². The molecule has 0 bridgehead atoms. The summed E-state index contributed by atoms with van der Waals surface area (Å²) in [6.45, 7) is 2.43. The van der Waals surface area contributed by atoms with E-state index in [2.05, 4.69) is 10.3 Å². The largest absolute Gasteiger partial charge is 0.405 e. The lowest BCUT2D eigenvalue weighted by Gasteiger charge is -2.12. The molecule has 106 valence electrons. The molecule has 2 N–H and O–H groups in total. The van der Waals surface area contributed by atoms with Crippen molar-refractivity contribution in [2.75, 3.05) is 18.9 Å². The quantitative estimate of drug-likeness (QED) is 0.888. The van der Waals surface area contributed by atoms with Crippen LogP contribution >= 0.6 is 0 Å². The summed E-state index contributed by atoms with van der Waals surface area (Å²) in [5.41, 5.74) is 0.802. The number of carbonyl (C=O) groups is 1. The average Bonchev–Trinajstić information content (AvgIpc) is 2.34. The maximum Gasteiger partial charge on any atom is 0.405 e. The lowest BCUT2D eigenvalue weighted by molar-refractivity contribution is -0.123. The number of hydrogen-bond acceptors (Lipinski definition) is 3. The summed E-state index contributed by atoms with van der Waals surface area (Å²) in [7, 11) is 1.63. The van der Waals surface area contributed by atoms with Gasteiger partial charge in [0.25, 0.3) is 5.91 Å². The molecule has 0 saturated heterocycles. The Morgan fingerprint density at radius 2 is 2.00 bits per heavy atom. The summed E-state index contributed by atoms with van der Waals surface area (Å²) in [4.78, 5) is 15.9. The zero-order valence-corrected chi connectivity index (χ0v) is 10.9. The van der Waals surface area contributed by atoms with E-state index in [0.29, 0.717) is 11.5 Å². The Balaban J connectivity index is 2.93. The van der Waals surface area contributed by atoms with E-state index in [-0.39, 0.29) is 11.5 Å². The van der Waals surface area contributed by atoms with Gasteiger partial charge in [0.1, 0.15) is 12.4 Å². The van der Waals surface area contributed by atoms with Crippen molar-refractivity contribution < 1.29 is 18.0 Å². The molecular weight excluding hydrogens is 259 g/mol. The number of amides is 1. The molecule has 1 aromatic rings. The van der Waals surface area contributed by atoms with Gasteiger partial charge in [-0.3, -0.25) is 4.79 Å². The molecule has 1 amide bonds. The standard InChI is InChI=1S/C12H16F3N3O/c1-7(2)9-4-8(5-10(16-3)18-9)11(19)17-6-12(13,14)15/h4-5,7H,6H2,1-3H3,(H,16,18)(H,17,19). The molecule has 0 fully saturated rings. The minimum atomic E-state index is -4.42. The lowest BCUT2D eigenvalue weighted by atomic mass is 10.1. The minimum Gasteiger partial charge on any atom is -0.373 e. The molecule has 4 nitrogen and oxygen atoms in total. The van der Waals surface area contributed by atoms with Crippen molar-refractivity contribution >= 4 is 11.7 Å². The van der Waals surface area contributed by atoms with Gasteiger partial charge in [-0.2, -0.15) is 13.2 Å². The predicted molar refractivity (Wildman–Crippen MR) is 66.3 cm³/mol. The van der Waals surface area contributed by atoms with Crippen LogP contribution in [0.3, 0.4) is 0 Å². The van der Waals surface area contributed by atoms with Crippen molar-refractivity contribution in [1.82, 2.24) is 10.3 Å². The average molecular weight is 275 g/mol. The normalized spacial score (nSPS) is 11.5. The fraction of sp³-hybridized carbons (Fsp3) is 0.500. The number of aromatic nitrogens is 1. The molecule has 0 aromatic carbocycles. The first kappa shape index (κ1) is 15.3. The van der Waals surface area contributed by atoms with E-state index < -0.39 is 18.6 Å². The zero-order valence-electron chi connectivity index (χ0n) is 10.9. The number of nitrogens with zero attached hydrogens (tertiary/aromatic N) is 1. The van der Waals surface area contributed by atoms with Crippen LogP contribution in [0.2, 0.25) is 0 Å². The van der Waals surface area contributed by atoms with Crippen LogP contribution in [0.25, 0.3) is 0 Å². The Hall–Kier alpha value is -1.79. The van der Waals surface area contributed by atoms with Gasteiger partial charge in [0, 0.05) is 18.3 Å². The van der Waals surface area contributed by atoms with Gasteiger partial charge in [-0.05, 0) is 18.1 Å². The SMILES string of the molecule is CNc1cc(C(=O)NCC(F)(F)F)cc(C(C)C)n1. The molecule has 0 saturated carbocycles. The number of anilines is 1. The van der Waals surface area contributed by atoms with Crippen LogP contribution in [-0.4, -0.2) is 30.7 Å². The molecule has 0 atom stereocenters. The third-order valence-electron chi connectivity index (χ3n) is 2.40. The summed E-state index contributed by atoms with van der Waals surface area (Å²) < 4.78 is 36.1. The van der Waals surface area contributed by atoms with Crippen LogP contribution in [0.15, 0.2) is 12.1 Å². The molecule has 0 radical (unpaired) electrons. The van der Waals surface area contributed by atoms with Gasteiger partial charge in [-0.25, -0.2) is 4.98 Å². The monoisotopic (exact) mass is 275 g/mol. The third kappa shape index (κ3) is 4.76. The Morgan fingerprint density at radius 1 is 1.37 bits per heavy atom. The zero-order chi connectivity index (χ0) is 14.6. The number of hydrogen-bond donors (Lipinski definition) is 2. The van der Waals surface area contributed by atoms with E-state index >= 15 is 0 Å². The van der Waals surface area contributed by atoms with Gasteiger partial charge in [-0.15, -0.1) is 0 Å². The van der Waals surface area contributed by atoms with E-state index in [4.69, 9.17) is 0 Å². The topological polar surface area (TPSA) is 54.0 Å². The minimum absolute atomic E-state index is 0.0717. The molecule has 1 heterocycles. The van der Waals surface area contributed by atoms with Gasteiger partial charge >= 0.3 is 6.18 Å². The molecule has 0 aliphatic heterocycles. The molecule has 0 unspecified atom stereocenters. The second-order valence-corrected chi connectivity index (χ2v) is 4.37. The fourth-order valence-corrected chi connectivity index (χ4v) is 1.39. The van der Waals surface area contributed by atoms with Crippen molar-refractivity contribution in [3.8, 4) is 0 Å². The molecule has 19 heavy (non-hydrogen) atoms. The summed E-state index contributed by atoms with van der Waals surface area (Å²) in [6.07, 6.45) is -4.42. The summed E-state index contributed by atoms with van der Waals surface area (Å²) in [5, 5.41) is 4.61. The molecule has 7 heteroatoms. The number of halogens is 3. The second-order valence-electron chi connectivity index (χ2n) is 4.37. The second kappa shape index (κ2) is 5.90. The number of alkyl halides is 3. The Labute approximate surface area is 109 Å². The van der Waals surface area contributed by atoms with Gasteiger partial charge in [0.2, 0.25) is 0 Å². The van der Waals surface area contributed by atoms with Gasteiger partial charge < -0.3 is 10.6 Å². The maximum absolute atomic E-state index is 12.0. The van der Waals surface area contributed by atoms with Gasteiger partial charge in [0.15, 0.2) is 0 Å². The highest BCUT2D eigenvalue weighted by Crippen LogP contribution is 2.18. The van der Waals surface area contributed by atoms with E-state index in [1.807, 2.05) is 19.2 Å². The number of pyridine rings is 1. The van der Waals surface area contributed by atoms with Crippen molar-refractivity contribution in [3.63, 3.8) is 0 Å². The molecule has 1 aromatic heterocycles. The van der Waals surface area contributed by atoms with Crippen LogP contribution in [0.4, 0.5) is 19.0 Å². The molecule has 0 aliphatic carbocycles. The first-order valence-corrected chi connectivity index (χ1v) is 5.77. The highest BCUT2D eigenvalue weighted by Gasteiger charge is 2.28. The molecular formula is C12H16F3N3O. The smallest absolute Gasteiger partial charge is 0.373 e. The fourth-order valence-electron chi connectivity index (χ4n) is 1.39. The van der Waals surface area contributed by atoms with Gasteiger partial charge in [0.05, 0.1) is 0 Å². The molecule has 0 spiro atoms. The van der Waals surface area contributed by atoms with Crippen molar-refractivity contribution in [1.29, 1.82) is 0 Å². The van der Waals surface area contributed by atoms with Crippen LogP contribution in [0, 0.1) is 0 Å².